The van der Waals surface area contributed by atoms with E-state index in [2.05, 4.69) is 5.32 Å². The van der Waals surface area contributed by atoms with E-state index in [-0.39, 0.29) is 33.6 Å². The van der Waals surface area contributed by atoms with Crippen LogP contribution < -0.4 is 10.1 Å². The minimum absolute atomic E-state index is 0.0171. The van der Waals surface area contributed by atoms with Crippen LogP contribution in [0, 0.1) is 10.1 Å². The number of hydrogen-bond acceptors (Lipinski definition) is 6. The lowest BCUT2D eigenvalue weighted by Gasteiger charge is -2.10. The summed E-state index contributed by atoms with van der Waals surface area (Å²) in [5.74, 6) is -0.289. The smallest absolute Gasteiger partial charge is 0.269 e. The summed E-state index contributed by atoms with van der Waals surface area (Å²) >= 11 is 5.94. The molecule has 0 fully saturated rings. The number of anilines is 1. The summed E-state index contributed by atoms with van der Waals surface area (Å²) in [7, 11) is -3.44. The molecule has 0 aliphatic carbocycles. The average Bonchev–Trinajstić information content (AvgIpc) is 2.54. The van der Waals surface area contributed by atoms with Gasteiger partial charge >= 0.3 is 0 Å². The highest BCUT2D eigenvalue weighted by molar-refractivity contribution is 7.90. The van der Waals surface area contributed by atoms with Gasteiger partial charge in [0.2, 0.25) is 0 Å². The lowest BCUT2D eigenvalue weighted by molar-refractivity contribution is -0.384. The molecule has 0 bridgehead atoms. The molecule has 0 atom stereocenters. The number of nitrogens with zero attached hydrogens (tertiary/aromatic N) is 1. The zero-order valence-electron chi connectivity index (χ0n) is 12.9. The monoisotopic (exact) mass is 384 g/mol. The van der Waals surface area contributed by atoms with Gasteiger partial charge in [-0.2, -0.15) is 0 Å². The molecular formula is C15H13ClN2O6S. The van der Waals surface area contributed by atoms with Crippen molar-refractivity contribution in [3.63, 3.8) is 0 Å². The van der Waals surface area contributed by atoms with Gasteiger partial charge in [0, 0.05) is 18.4 Å². The second kappa shape index (κ2) is 7.49. The van der Waals surface area contributed by atoms with Crippen LogP contribution in [0.3, 0.4) is 0 Å². The summed E-state index contributed by atoms with van der Waals surface area (Å²) in [6.07, 6.45) is 1.04. The molecule has 0 spiro atoms. The van der Waals surface area contributed by atoms with Crippen molar-refractivity contribution < 1.29 is 22.9 Å². The highest BCUT2D eigenvalue weighted by Gasteiger charge is 2.13. The quantitative estimate of drug-likeness (QED) is 0.604. The molecule has 0 aromatic heterocycles. The van der Waals surface area contributed by atoms with E-state index in [1.54, 1.807) is 0 Å². The highest BCUT2D eigenvalue weighted by Crippen LogP contribution is 2.25. The van der Waals surface area contributed by atoms with Crippen molar-refractivity contribution in [2.75, 3.05) is 18.2 Å². The maximum atomic E-state index is 11.9. The number of carbonyl (C=O) groups excluding carboxylic acids is 1. The number of sulfone groups is 1. The number of rotatable bonds is 6. The van der Waals surface area contributed by atoms with E-state index in [1.807, 2.05) is 0 Å². The molecule has 0 heterocycles. The van der Waals surface area contributed by atoms with Crippen LogP contribution in [0.5, 0.6) is 5.75 Å². The van der Waals surface area contributed by atoms with E-state index < -0.39 is 20.7 Å². The maximum Gasteiger partial charge on any atom is 0.269 e. The highest BCUT2D eigenvalue weighted by atomic mass is 35.5. The fourth-order valence-corrected chi connectivity index (χ4v) is 2.64. The lowest BCUT2D eigenvalue weighted by Crippen LogP contribution is -2.20. The summed E-state index contributed by atoms with van der Waals surface area (Å²) in [6, 6.07) is 9.18. The third-order valence-electron chi connectivity index (χ3n) is 3.06. The predicted octanol–water partition coefficient (Wildman–Crippen LogP) is 2.67. The van der Waals surface area contributed by atoms with Crippen molar-refractivity contribution in [3.8, 4) is 5.75 Å². The number of benzene rings is 2. The van der Waals surface area contributed by atoms with E-state index >= 15 is 0 Å². The van der Waals surface area contributed by atoms with Crippen molar-refractivity contribution in [1.29, 1.82) is 0 Å². The molecule has 1 amide bonds. The molecule has 0 saturated heterocycles. The van der Waals surface area contributed by atoms with Gasteiger partial charge in [0.15, 0.2) is 16.4 Å². The number of halogens is 1. The Morgan fingerprint density at radius 1 is 1.24 bits per heavy atom. The van der Waals surface area contributed by atoms with E-state index in [1.165, 1.54) is 42.5 Å². The molecule has 25 heavy (non-hydrogen) atoms. The number of nitrogens with one attached hydrogen (secondary N) is 1. The first-order chi connectivity index (χ1) is 11.7. The van der Waals surface area contributed by atoms with Crippen LogP contribution >= 0.6 is 11.6 Å². The maximum absolute atomic E-state index is 11.9. The SMILES string of the molecule is CS(=O)(=O)c1ccc(Cl)c(NC(=O)COc2ccc([N+](=O)[O-])cc2)c1. The van der Waals surface area contributed by atoms with E-state index in [0.29, 0.717) is 0 Å². The number of nitro benzene ring substituents is 1. The first-order valence-corrected chi connectivity index (χ1v) is 9.10. The number of nitro groups is 1. The Kier molecular flexibility index (Phi) is 5.60. The number of amides is 1. The minimum atomic E-state index is -3.44. The molecule has 0 aliphatic rings. The third-order valence-corrected chi connectivity index (χ3v) is 4.50. The van der Waals surface area contributed by atoms with Gasteiger partial charge in [-0.15, -0.1) is 0 Å². The Labute approximate surface area is 148 Å². The Hall–Kier alpha value is -2.65. The Bertz CT molecular complexity index is 912. The standard InChI is InChI=1S/C15H13ClN2O6S/c1-25(22,23)12-6-7-13(16)14(8-12)17-15(19)9-24-11-4-2-10(3-5-11)18(20)21/h2-8H,9H2,1H3,(H,17,19). The normalized spacial score (nSPS) is 11.0. The van der Waals surface area contributed by atoms with Crippen molar-refractivity contribution in [3.05, 3.63) is 57.6 Å². The summed E-state index contributed by atoms with van der Waals surface area (Å²) in [5, 5.41) is 13.2. The topological polar surface area (TPSA) is 116 Å². The molecule has 0 saturated carbocycles. The molecule has 1 N–H and O–H groups in total. The molecule has 0 radical (unpaired) electrons. The molecule has 0 unspecified atom stereocenters. The fraction of sp³-hybridized carbons (Fsp3) is 0.133. The average molecular weight is 385 g/mol. The fourth-order valence-electron chi connectivity index (χ4n) is 1.83. The molecule has 0 aliphatic heterocycles. The second-order valence-corrected chi connectivity index (χ2v) is 7.42. The summed E-state index contributed by atoms with van der Waals surface area (Å²) in [5.41, 5.74) is 0.0445. The van der Waals surface area contributed by atoms with Crippen LogP contribution in [0.15, 0.2) is 47.4 Å². The van der Waals surface area contributed by atoms with E-state index in [9.17, 15) is 23.3 Å². The molecule has 132 valence electrons. The predicted molar refractivity (Wildman–Crippen MR) is 91.8 cm³/mol. The molecular weight excluding hydrogens is 372 g/mol. The minimum Gasteiger partial charge on any atom is -0.484 e. The molecule has 2 rings (SSSR count). The number of ether oxygens (including phenoxy) is 1. The van der Waals surface area contributed by atoms with Crippen LogP contribution in [0.2, 0.25) is 5.02 Å². The number of non-ortho nitro benzene ring substituents is 1. The van der Waals surface area contributed by atoms with Crippen molar-refractivity contribution in [2.45, 2.75) is 4.90 Å². The van der Waals surface area contributed by atoms with Crippen LogP contribution in [0.25, 0.3) is 0 Å². The van der Waals surface area contributed by atoms with Crippen LogP contribution in [0.4, 0.5) is 11.4 Å². The van der Waals surface area contributed by atoms with Gasteiger partial charge < -0.3 is 10.1 Å². The number of hydrogen-bond donors (Lipinski definition) is 1. The lowest BCUT2D eigenvalue weighted by atomic mass is 10.3. The van der Waals surface area contributed by atoms with Gasteiger partial charge in [-0.3, -0.25) is 14.9 Å². The van der Waals surface area contributed by atoms with Crippen molar-refractivity contribution in [2.24, 2.45) is 0 Å². The largest absolute Gasteiger partial charge is 0.484 e. The van der Waals surface area contributed by atoms with E-state index in [4.69, 9.17) is 16.3 Å². The third kappa shape index (κ3) is 5.16. The molecule has 2 aromatic carbocycles. The second-order valence-electron chi connectivity index (χ2n) is 5.00. The van der Waals surface area contributed by atoms with Gasteiger partial charge in [0.1, 0.15) is 5.75 Å². The molecule has 10 heteroatoms. The zero-order valence-corrected chi connectivity index (χ0v) is 14.5. The van der Waals surface area contributed by atoms with Crippen molar-refractivity contribution in [1.82, 2.24) is 0 Å². The Balaban J connectivity index is 2.02. The van der Waals surface area contributed by atoms with Crippen LogP contribution in [0.1, 0.15) is 0 Å². The first kappa shape index (κ1) is 18.7. The van der Waals surface area contributed by atoms with Crippen molar-refractivity contribution >= 4 is 38.7 Å². The van der Waals surface area contributed by atoms with Crippen LogP contribution in [-0.4, -0.2) is 32.1 Å². The van der Waals surface area contributed by atoms with Gasteiger partial charge in [-0.05, 0) is 30.3 Å². The van der Waals surface area contributed by atoms with Gasteiger partial charge in [0.25, 0.3) is 11.6 Å². The molecule has 2 aromatic rings. The molecule has 8 nitrogen and oxygen atoms in total. The first-order valence-electron chi connectivity index (χ1n) is 6.83. The van der Waals surface area contributed by atoms with Gasteiger partial charge in [-0.25, -0.2) is 8.42 Å². The Morgan fingerprint density at radius 3 is 2.44 bits per heavy atom. The van der Waals surface area contributed by atoms with Gasteiger partial charge in [0.05, 0.1) is 20.5 Å². The number of carbonyl (C=O) groups is 1. The summed E-state index contributed by atoms with van der Waals surface area (Å²) in [4.78, 5) is 21.9. The Morgan fingerprint density at radius 2 is 1.88 bits per heavy atom. The zero-order chi connectivity index (χ0) is 18.6. The summed E-state index contributed by atoms with van der Waals surface area (Å²) < 4.78 is 28.3. The van der Waals surface area contributed by atoms with Crippen LogP contribution in [-0.2, 0) is 14.6 Å². The van der Waals surface area contributed by atoms with Gasteiger partial charge in [-0.1, -0.05) is 11.6 Å². The van der Waals surface area contributed by atoms with E-state index in [0.717, 1.165) is 6.26 Å². The summed E-state index contributed by atoms with van der Waals surface area (Å²) in [6.45, 7) is -0.378.